The Labute approximate surface area is 135 Å². The summed E-state index contributed by atoms with van der Waals surface area (Å²) in [5, 5.41) is 2.07. The van der Waals surface area contributed by atoms with Crippen LogP contribution in [0.25, 0.3) is 0 Å². The topological polar surface area (TPSA) is 69.7 Å². The zero-order valence-electron chi connectivity index (χ0n) is 13.3. The number of para-hydroxylation sites is 1. The van der Waals surface area contributed by atoms with Crippen LogP contribution in [0.3, 0.4) is 0 Å². The molecule has 1 amide bonds. The summed E-state index contributed by atoms with van der Waals surface area (Å²) >= 11 is 0. The van der Waals surface area contributed by atoms with Crippen molar-refractivity contribution in [1.29, 1.82) is 0 Å². The number of nitrogens with one attached hydrogen (secondary N) is 1. The molecule has 0 bridgehead atoms. The van der Waals surface area contributed by atoms with Gasteiger partial charge in [0.1, 0.15) is 17.3 Å². The largest absolute Gasteiger partial charge is 0.320 e. The minimum Gasteiger partial charge on any atom is -0.320 e. The van der Waals surface area contributed by atoms with Gasteiger partial charge in [0.25, 0.3) is 0 Å². The SMILES string of the molecule is CN(C)CCCN(CC(=O)Nc1c(F)cccc1F)S(C)(=O)=O. The fraction of sp³-hybridized carbons (Fsp3) is 0.500. The van der Waals surface area contributed by atoms with Gasteiger partial charge in [0.2, 0.25) is 15.9 Å². The molecule has 0 atom stereocenters. The molecule has 23 heavy (non-hydrogen) atoms. The van der Waals surface area contributed by atoms with Crippen molar-refractivity contribution in [1.82, 2.24) is 9.21 Å². The summed E-state index contributed by atoms with van der Waals surface area (Å²) in [5.74, 6) is -2.64. The van der Waals surface area contributed by atoms with Crippen LogP contribution in [-0.2, 0) is 14.8 Å². The van der Waals surface area contributed by atoms with Gasteiger partial charge in [0.05, 0.1) is 12.8 Å². The van der Waals surface area contributed by atoms with Crippen LogP contribution in [0.2, 0.25) is 0 Å². The zero-order valence-corrected chi connectivity index (χ0v) is 14.2. The van der Waals surface area contributed by atoms with E-state index in [1.54, 1.807) is 0 Å². The molecular weight excluding hydrogens is 328 g/mol. The maximum absolute atomic E-state index is 13.5. The molecule has 1 aromatic rings. The molecule has 1 rings (SSSR count). The predicted octanol–water partition coefficient (Wildman–Crippen LogP) is 1.12. The molecule has 0 heterocycles. The highest BCUT2D eigenvalue weighted by Crippen LogP contribution is 2.18. The third-order valence-corrected chi connectivity index (χ3v) is 4.28. The van der Waals surface area contributed by atoms with Gasteiger partial charge in [0, 0.05) is 6.54 Å². The molecule has 0 aromatic heterocycles. The number of halogens is 2. The summed E-state index contributed by atoms with van der Waals surface area (Å²) in [4.78, 5) is 13.8. The molecule has 1 aromatic carbocycles. The van der Waals surface area contributed by atoms with Crippen LogP contribution in [0.4, 0.5) is 14.5 Å². The van der Waals surface area contributed by atoms with Gasteiger partial charge in [-0.1, -0.05) is 6.07 Å². The highest BCUT2D eigenvalue weighted by atomic mass is 32.2. The molecule has 0 spiro atoms. The van der Waals surface area contributed by atoms with Crippen LogP contribution in [0.5, 0.6) is 0 Å². The normalized spacial score (nSPS) is 12.0. The van der Waals surface area contributed by atoms with Crippen LogP contribution < -0.4 is 5.32 Å². The third-order valence-electron chi connectivity index (χ3n) is 3.03. The van der Waals surface area contributed by atoms with Gasteiger partial charge in [-0.05, 0) is 39.2 Å². The average Bonchev–Trinajstić information content (AvgIpc) is 2.40. The fourth-order valence-electron chi connectivity index (χ4n) is 1.88. The van der Waals surface area contributed by atoms with E-state index in [0.717, 1.165) is 22.7 Å². The molecule has 0 aliphatic rings. The molecule has 6 nitrogen and oxygen atoms in total. The first-order valence-electron chi connectivity index (χ1n) is 6.95. The average molecular weight is 349 g/mol. The van der Waals surface area contributed by atoms with E-state index in [9.17, 15) is 22.0 Å². The van der Waals surface area contributed by atoms with E-state index < -0.39 is 39.8 Å². The van der Waals surface area contributed by atoms with Gasteiger partial charge < -0.3 is 10.2 Å². The highest BCUT2D eigenvalue weighted by Gasteiger charge is 2.21. The Hall–Kier alpha value is -1.58. The number of sulfonamides is 1. The first kappa shape index (κ1) is 19.5. The lowest BCUT2D eigenvalue weighted by Crippen LogP contribution is -2.39. The lowest BCUT2D eigenvalue weighted by Gasteiger charge is -2.20. The molecule has 0 aliphatic heterocycles. The number of amides is 1. The van der Waals surface area contributed by atoms with E-state index in [1.165, 1.54) is 6.07 Å². The molecule has 0 unspecified atom stereocenters. The summed E-state index contributed by atoms with van der Waals surface area (Å²) in [5.41, 5.74) is -0.584. The van der Waals surface area contributed by atoms with Gasteiger partial charge in [-0.15, -0.1) is 0 Å². The first-order chi connectivity index (χ1) is 10.6. The predicted molar refractivity (Wildman–Crippen MR) is 84.6 cm³/mol. The van der Waals surface area contributed by atoms with Crippen molar-refractivity contribution in [3.8, 4) is 0 Å². The molecule has 0 fully saturated rings. The molecule has 0 saturated heterocycles. The van der Waals surface area contributed by atoms with Crippen LogP contribution in [0.15, 0.2) is 18.2 Å². The van der Waals surface area contributed by atoms with Crippen molar-refractivity contribution in [2.45, 2.75) is 6.42 Å². The van der Waals surface area contributed by atoms with Gasteiger partial charge in [-0.25, -0.2) is 17.2 Å². The van der Waals surface area contributed by atoms with Crippen molar-refractivity contribution < 1.29 is 22.0 Å². The Balaban J connectivity index is 2.74. The summed E-state index contributed by atoms with van der Waals surface area (Å²) in [6, 6.07) is 3.18. The summed E-state index contributed by atoms with van der Waals surface area (Å²) in [6.07, 6.45) is 1.51. The van der Waals surface area contributed by atoms with Crippen molar-refractivity contribution in [2.75, 3.05) is 45.3 Å². The highest BCUT2D eigenvalue weighted by molar-refractivity contribution is 7.88. The maximum Gasteiger partial charge on any atom is 0.239 e. The molecule has 9 heteroatoms. The van der Waals surface area contributed by atoms with Crippen LogP contribution in [0, 0.1) is 11.6 Å². The van der Waals surface area contributed by atoms with Crippen molar-refractivity contribution in [3.05, 3.63) is 29.8 Å². The molecule has 0 aliphatic carbocycles. The van der Waals surface area contributed by atoms with E-state index in [0.29, 0.717) is 13.0 Å². The van der Waals surface area contributed by atoms with Gasteiger partial charge in [0.15, 0.2) is 0 Å². The van der Waals surface area contributed by atoms with Crippen molar-refractivity contribution >= 4 is 21.6 Å². The second kappa shape index (κ2) is 8.32. The number of rotatable bonds is 8. The van der Waals surface area contributed by atoms with E-state index in [2.05, 4.69) is 5.32 Å². The maximum atomic E-state index is 13.5. The van der Waals surface area contributed by atoms with Crippen LogP contribution in [-0.4, -0.2) is 63.5 Å². The van der Waals surface area contributed by atoms with Crippen molar-refractivity contribution in [2.24, 2.45) is 0 Å². The molecule has 1 N–H and O–H groups in total. The monoisotopic (exact) mass is 349 g/mol. The molecular formula is C14H21F2N3O3S. The number of hydrogen-bond donors (Lipinski definition) is 1. The minimum atomic E-state index is -3.60. The second-order valence-electron chi connectivity index (χ2n) is 5.40. The fourth-order valence-corrected chi connectivity index (χ4v) is 2.69. The Morgan fingerprint density at radius 3 is 2.22 bits per heavy atom. The molecule has 130 valence electrons. The molecule has 0 radical (unpaired) electrons. The summed E-state index contributed by atoms with van der Waals surface area (Å²) in [6.45, 7) is 0.291. The van der Waals surface area contributed by atoms with E-state index in [1.807, 2.05) is 19.0 Å². The number of carbonyl (C=O) groups excluding carboxylic acids is 1. The smallest absolute Gasteiger partial charge is 0.239 e. The number of nitrogens with zero attached hydrogens (tertiary/aromatic N) is 2. The van der Waals surface area contributed by atoms with Crippen LogP contribution >= 0.6 is 0 Å². The Kier molecular flexibility index (Phi) is 7.04. The Morgan fingerprint density at radius 2 is 1.74 bits per heavy atom. The van der Waals surface area contributed by atoms with E-state index >= 15 is 0 Å². The quantitative estimate of drug-likeness (QED) is 0.763. The number of carbonyl (C=O) groups is 1. The summed E-state index contributed by atoms with van der Waals surface area (Å²) < 4.78 is 51.4. The van der Waals surface area contributed by atoms with Crippen LogP contribution in [0.1, 0.15) is 6.42 Å². The lowest BCUT2D eigenvalue weighted by molar-refractivity contribution is -0.116. The number of benzene rings is 1. The van der Waals surface area contributed by atoms with Gasteiger partial charge in [-0.3, -0.25) is 4.79 Å². The Bertz CT molecular complexity index is 630. The van der Waals surface area contributed by atoms with Gasteiger partial charge in [-0.2, -0.15) is 4.31 Å². The van der Waals surface area contributed by atoms with Gasteiger partial charge >= 0.3 is 0 Å². The Morgan fingerprint density at radius 1 is 1.17 bits per heavy atom. The summed E-state index contributed by atoms with van der Waals surface area (Å²) in [7, 11) is 0.0874. The third kappa shape index (κ3) is 6.59. The van der Waals surface area contributed by atoms with Crippen molar-refractivity contribution in [3.63, 3.8) is 0 Å². The standard InChI is InChI=1S/C14H21F2N3O3S/c1-18(2)8-5-9-19(23(3,21)22)10-13(20)17-14-11(15)6-4-7-12(14)16/h4,6-7H,5,8-10H2,1-3H3,(H,17,20). The first-order valence-corrected chi connectivity index (χ1v) is 8.80. The second-order valence-corrected chi connectivity index (χ2v) is 7.38. The number of anilines is 1. The zero-order chi connectivity index (χ0) is 17.6. The molecule has 0 saturated carbocycles. The van der Waals surface area contributed by atoms with E-state index in [-0.39, 0.29) is 6.54 Å². The lowest BCUT2D eigenvalue weighted by atomic mass is 10.3. The van der Waals surface area contributed by atoms with E-state index in [4.69, 9.17) is 0 Å². The minimum absolute atomic E-state index is 0.143. The number of hydrogen-bond acceptors (Lipinski definition) is 4.